The van der Waals surface area contributed by atoms with E-state index in [9.17, 15) is 18.0 Å². The number of hydrogen-bond acceptors (Lipinski definition) is 3. The summed E-state index contributed by atoms with van der Waals surface area (Å²) in [5.74, 6) is -1.21. The third kappa shape index (κ3) is 4.52. The Morgan fingerprint density at radius 3 is 2.44 bits per heavy atom. The van der Waals surface area contributed by atoms with Gasteiger partial charge in [0.15, 0.2) is 0 Å². The highest BCUT2D eigenvalue weighted by Gasteiger charge is 2.28. The second-order valence-electron chi connectivity index (χ2n) is 3.74. The molecule has 0 saturated heterocycles. The number of halogens is 3. The average Bonchev–Trinajstić information content (AvgIpc) is 2.23. The minimum Gasteiger partial charge on any atom is -0.480 e. The highest BCUT2D eigenvalue weighted by atomic mass is 19.4. The molecular weight excluding hydrogens is 249 g/mol. The van der Waals surface area contributed by atoms with E-state index in [0.29, 0.717) is 5.69 Å². The Kier molecular flexibility index (Phi) is 4.41. The van der Waals surface area contributed by atoms with Crippen LogP contribution in [0.5, 0.6) is 0 Å². The molecule has 0 aliphatic rings. The van der Waals surface area contributed by atoms with Crippen LogP contribution in [0.25, 0.3) is 0 Å². The number of carbonyl (C=O) groups is 1. The lowest BCUT2D eigenvalue weighted by Crippen LogP contribution is -2.33. The first-order chi connectivity index (χ1) is 8.29. The molecule has 1 aromatic carbocycles. The Labute approximate surface area is 102 Å². The first-order valence-electron chi connectivity index (χ1n) is 5.17. The molecule has 0 radical (unpaired) electrons. The van der Waals surface area contributed by atoms with Crippen LogP contribution in [0.4, 0.5) is 24.5 Å². The van der Waals surface area contributed by atoms with E-state index < -0.39 is 31.7 Å². The second-order valence-corrected chi connectivity index (χ2v) is 3.74. The van der Waals surface area contributed by atoms with Crippen LogP contribution >= 0.6 is 0 Å². The van der Waals surface area contributed by atoms with Crippen molar-refractivity contribution in [2.75, 3.05) is 23.7 Å². The monoisotopic (exact) mass is 262 g/mol. The van der Waals surface area contributed by atoms with Crippen molar-refractivity contribution in [1.82, 2.24) is 0 Å². The highest BCUT2D eigenvalue weighted by molar-refractivity contribution is 5.77. The van der Waals surface area contributed by atoms with Crippen LogP contribution in [0.1, 0.15) is 6.42 Å². The number of carboxylic acid groups (broad SMARTS) is 1. The van der Waals surface area contributed by atoms with Crippen LogP contribution < -0.4 is 10.6 Å². The van der Waals surface area contributed by atoms with E-state index in [1.54, 1.807) is 12.1 Å². The third-order valence-electron chi connectivity index (χ3n) is 2.27. The lowest BCUT2D eigenvalue weighted by Gasteiger charge is -2.24. The molecule has 4 nitrogen and oxygen atoms in total. The number of anilines is 2. The number of alkyl halides is 3. The summed E-state index contributed by atoms with van der Waals surface area (Å²) in [6, 6.07) is 6.22. The summed E-state index contributed by atoms with van der Waals surface area (Å²) in [5, 5.41) is 8.70. The normalized spacial score (nSPS) is 11.3. The highest BCUT2D eigenvalue weighted by Crippen LogP contribution is 2.25. The lowest BCUT2D eigenvalue weighted by atomic mass is 10.2. The maximum Gasteiger partial charge on any atom is 0.390 e. The second kappa shape index (κ2) is 5.61. The summed E-state index contributed by atoms with van der Waals surface area (Å²) in [4.78, 5) is 11.8. The molecule has 0 bridgehead atoms. The van der Waals surface area contributed by atoms with E-state index >= 15 is 0 Å². The van der Waals surface area contributed by atoms with E-state index in [-0.39, 0.29) is 5.69 Å². The molecule has 0 unspecified atom stereocenters. The van der Waals surface area contributed by atoms with Crippen molar-refractivity contribution in [3.8, 4) is 0 Å². The van der Waals surface area contributed by atoms with E-state index in [0.717, 1.165) is 4.90 Å². The number of rotatable bonds is 5. The fourth-order valence-corrected chi connectivity index (χ4v) is 1.49. The SMILES string of the molecule is Nc1ccccc1N(CCC(F)(F)F)CC(=O)O. The maximum atomic E-state index is 12.2. The van der Waals surface area contributed by atoms with Crippen molar-refractivity contribution in [3.05, 3.63) is 24.3 Å². The minimum absolute atomic E-state index is 0.251. The molecule has 0 aliphatic heterocycles. The molecule has 1 aromatic rings. The Morgan fingerprint density at radius 2 is 1.94 bits per heavy atom. The van der Waals surface area contributed by atoms with Gasteiger partial charge in [-0.1, -0.05) is 12.1 Å². The standard InChI is InChI=1S/C11H13F3N2O2/c12-11(13,14)5-6-16(7-10(17)18)9-4-2-1-3-8(9)15/h1-4H,5-7,15H2,(H,17,18). The molecular formula is C11H13F3N2O2. The van der Waals surface area contributed by atoms with Gasteiger partial charge in [0.2, 0.25) is 0 Å². The van der Waals surface area contributed by atoms with Crippen LogP contribution in [0, 0.1) is 0 Å². The van der Waals surface area contributed by atoms with Crippen LogP contribution in [-0.4, -0.2) is 30.3 Å². The van der Waals surface area contributed by atoms with Crippen molar-refractivity contribution in [2.45, 2.75) is 12.6 Å². The summed E-state index contributed by atoms with van der Waals surface area (Å²) < 4.78 is 36.5. The molecule has 0 atom stereocenters. The van der Waals surface area contributed by atoms with Crippen molar-refractivity contribution in [3.63, 3.8) is 0 Å². The molecule has 0 saturated carbocycles. The van der Waals surface area contributed by atoms with Crippen molar-refractivity contribution in [2.24, 2.45) is 0 Å². The summed E-state index contributed by atoms with van der Waals surface area (Å²) in [6.07, 6.45) is -5.42. The summed E-state index contributed by atoms with van der Waals surface area (Å²) in [7, 11) is 0. The van der Waals surface area contributed by atoms with Gasteiger partial charge in [-0.2, -0.15) is 13.2 Å². The van der Waals surface area contributed by atoms with Gasteiger partial charge in [-0.3, -0.25) is 4.79 Å². The predicted molar refractivity (Wildman–Crippen MR) is 61.4 cm³/mol. The number of aliphatic carboxylic acids is 1. The van der Waals surface area contributed by atoms with Gasteiger partial charge in [0, 0.05) is 6.54 Å². The fourth-order valence-electron chi connectivity index (χ4n) is 1.49. The van der Waals surface area contributed by atoms with Crippen molar-refractivity contribution < 1.29 is 23.1 Å². The molecule has 0 aromatic heterocycles. The van der Waals surface area contributed by atoms with Gasteiger partial charge in [-0.05, 0) is 12.1 Å². The zero-order chi connectivity index (χ0) is 13.8. The Balaban J connectivity index is 2.85. The maximum absolute atomic E-state index is 12.2. The number of nitrogen functional groups attached to an aromatic ring is 1. The van der Waals surface area contributed by atoms with E-state index in [4.69, 9.17) is 10.8 Å². The summed E-state index contributed by atoms with van der Waals surface area (Å²) >= 11 is 0. The zero-order valence-electron chi connectivity index (χ0n) is 9.44. The molecule has 0 spiro atoms. The van der Waals surface area contributed by atoms with Gasteiger partial charge in [-0.15, -0.1) is 0 Å². The van der Waals surface area contributed by atoms with E-state index in [1.165, 1.54) is 12.1 Å². The van der Waals surface area contributed by atoms with Crippen LogP contribution in [-0.2, 0) is 4.79 Å². The molecule has 7 heteroatoms. The first kappa shape index (κ1) is 14.1. The number of nitrogens with zero attached hydrogens (tertiary/aromatic N) is 1. The van der Waals surface area contributed by atoms with Gasteiger partial charge in [0.1, 0.15) is 6.54 Å². The number of para-hydroxylation sites is 2. The summed E-state index contributed by atoms with van der Waals surface area (Å²) in [5.41, 5.74) is 6.17. The van der Waals surface area contributed by atoms with E-state index in [1.807, 2.05) is 0 Å². The van der Waals surface area contributed by atoms with Crippen LogP contribution in [0.3, 0.4) is 0 Å². The fraction of sp³-hybridized carbons (Fsp3) is 0.364. The number of benzene rings is 1. The Bertz CT molecular complexity index is 421. The molecule has 0 fully saturated rings. The molecule has 1 rings (SSSR count). The van der Waals surface area contributed by atoms with Crippen LogP contribution in [0.15, 0.2) is 24.3 Å². The first-order valence-corrected chi connectivity index (χ1v) is 5.17. The molecule has 100 valence electrons. The molecule has 0 heterocycles. The summed E-state index contributed by atoms with van der Waals surface area (Å²) in [6.45, 7) is -0.964. The molecule has 0 aliphatic carbocycles. The van der Waals surface area contributed by atoms with Gasteiger partial charge in [-0.25, -0.2) is 0 Å². The Morgan fingerprint density at radius 1 is 1.33 bits per heavy atom. The van der Waals surface area contributed by atoms with Crippen LogP contribution in [0.2, 0.25) is 0 Å². The largest absolute Gasteiger partial charge is 0.480 e. The molecule has 0 amide bonds. The number of nitrogens with two attached hydrogens (primary N) is 1. The van der Waals surface area contributed by atoms with Crippen molar-refractivity contribution >= 4 is 17.3 Å². The zero-order valence-corrected chi connectivity index (χ0v) is 9.44. The topological polar surface area (TPSA) is 66.6 Å². The van der Waals surface area contributed by atoms with Gasteiger partial charge in [0.25, 0.3) is 0 Å². The Hall–Kier alpha value is -1.92. The quantitative estimate of drug-likeness (QED) is 0.797. The van der Waals surface area contributed by atoms with Gasteiger partial charge >= 0.3 is 12.1 Å². The van der Waals surface area contributed by atoms with Crippen molar-refractivity contribution in [1.29, 1.82) is 0 Å². The minimum atomic E-state index is -4.33. The number of carboxylic acids is 1. The van der Waals surface area contributed by atoms with Gasteiger partial charge < -0.3 is 15.7 Å². The predicted octanol–water partition coefficient (Wildman–Crippen LogP) is 2.11. The lowest BCUT2D eigenvalue weighted by molar-refractivity contribution is -0.137. The average molecular weight is 262 g/mol. The van der Waals surface area contributed by atoms with E-state index in [2.05, 4.69) is 0 Å². The molecule has 18 heavy (non-hydrogen) atoms. The molecule has 3 N–H and O–H groups in total. The smallest absolute Gasteiger partial charge is 0.390 e. The van der Waals surface area contributed by atoms with Gasteiger partial charge in [0.05, 0.1) is 17.8 Å². The third-order valence-corrected chi connectivity index (χ3v) is 2.27. The number of hydrogen-bond donors (Lipinski definition) is 2.